The number of pyridine rings is 1. The van der Waals surface area contributed by atoms with Crippen LogP contribution in [-0.2, 0) is 9.84 Å². The first-order valence-corrected chi connectivity index (χ1v) is 7.70. The second kappa shape index (κ2) is 4.06. The van der Waals surface area contributed by atoms with Gasteiger partial charge in [0.25, 0.3) is 0 Å². The van der Waals surface area contributed by atoms with E-state index in [1.165, 1.54) is 10.5 Å². The topological polar surface area (TPSA) is 88.7 Å². The Balaban J connectivity index is 2.17. The molecular weight excluding hydrogens is 268 g/mol. The van der Waals surface area contributed by atoms with Gasteiger partial charge in [-0.05, 0) is 18.6 Å². The van der Waals surface area contributed by atoms with Gasteiger partial charge in [0.1, 0.15) is 11.5 Å². The van der Waals surface area contributed by atoms with Gasteiger partial charge >= 0.3 is 5.97 Å². The Morgan fingerprint density at radius 2 is 2.21 bits per heavy atom. The molecule has 100 valence electrons. The van der Waals surface area contributed by atoms with Crippen molar-refractivity contribution in [3.8, 4) is 0 Å². The van der Waals surface area contributed by atoms with E-state index in [1.54, 1.807) is 18.3 Å². The van der Waals surface area contributed by atoms with Crippen LogP contribution in [0.5, 0.6) is 0 Å². The van der Waals surface area contributed by atoms with E-state index in [0.717, 1.165) is 0 Å². The molecule has 19 heavy (non-hydrogen) atoms. The Hall–Kier alpha value is -1.89. The normalized spacial score (nSPS) is 21.8. The third kappa shape index (κ3) is 1.99. The van der Waals surface area contributed by atoms with Crippen molar-refractivity contribution in [1.82, 2.24) is 9.38 Å². The molecule has 1 fully saturated rings. The number of carbonyl (C=O) groups is 1. The fraction of sp³-hybridized carbons (Fsp3) is 0.333. The molecule has 0 radical (unpaired) electrons. The zero-order valence-electron chi connectivity index (χ0n) is 9.98. The lowest BCUT2D eigenvalue weighted by Gasteiger charge is -2.09. The second-order valence-electron chi connectivity index (χ2n) is 4.69. The van der Waals surface area contributed by atoms with Crippen LogP contribution in [0.15, 0.2) is 24.4 Å². The highest BCUT2D eigenvalue weighted by molar-refractivity contribution is 7.91. The summed E-state index contributed by atoms with van der Waals surface area (Å²) in [5, 5.41) is 9.20. The van der Waals surface area contributed by atoms with Crippen molar-refractivity contribution in [2.45, 2.75) is 12.3 Å². The van der Waals surface area contributed by atoms with E-state index in [4.69, 9.17) is 0 Å². The van der Waals surface area contributed by atoms with E-state index in [1.807, 2.05) is 0 Å². The number of aromatic carboxylic acids is 1. The summed E-state index contributed by atoms with van der Waals surface area (Å²) >= 11 is 0. The first-order chi connectivity index (χ1) is 8.98. The lowest BCUT2D eigenvalue weighted by Crippen LogP contribution is -2.12. The number of hydrogen-bond donors (Lipinski definition) is 1. The molecule has 0 aromatic carbocycles. The van der Waals surface area contributed by atoms with Crippen LogP contribution in [0.1, 0.15) is 28.7 Å². The SMILES string of the molecule is O=C(O)c1cccc2cnc(C3CCS(=O)(=O)C3)n12. The molecule has 2 aromatic heterocycles. The van der Waals surface area contributed by atoms with Crippen LogP contribution < -0.4 is 0 Å². The number of fused-ring (bicyclic) bond motifs is 1. The molecule has 1 N–H and O–H groups in total. The number of nitrogens with zero attached hydrogens (tertiary/aromatic N) is 2. The standard InChI is InChI=1S/C12H12N2O4S/c15-12(16)10-3-1-2-9-6-13-11(14(9)10)8-4-5-19(17,18)7-8/h1-3,6,8H,4-5,7H2,(H,15,16). The predicted octanol–water partition coefficient (Wildman–Crippen LogP) is 0.935. The first kappa shape index (κ1) is 12.2. The second-order valence-corrected chi connectivity index (χ2v) is 6.92. The third-order valence-electron chi connectivity index (χ3n) is 3.40. The molecule has 0 aliphatic carbocycles. The van der Waals surface area contributed by atoms with Crippen molar-refractivity contribution in [2.24, 2.45) is 0 Å². The highest BCUT2D eigenvalue weighted by Crippen LogP contribution is 2.29. The highest BCUT2D eigenvalue weighted by Gasteiger charge is 2.32. The number of hydrogen-bond acceptors (Lipinski definition) is 4. The van der Waals surface area contributed by atoms with Gasteiger partial charge in [0.15, 0.2) is 9.84 Å². The van der Waals surface area contributed by atoms with Crippen LogP contribution in [0, 0.1) is 0 Å². The highest BCUT2D eigenvalue weighted by atomic mass is 32.2. The van der Waals surface area contributed by atoms with Gasteiger partial charge in [-0.1, -0.05) is 6.07 Å². The number of sulfone groups is 1. The van der Waals surface area contributed by atoms with E-state index in [9.17, 15) is 18.3 Å². The van der Waals surface area contributed by atoms with Crippen LogP contribution in [-0.4, -0.2) is 40.4 Å². The van der Waals surface area contributed by atoms with E-state index in [2.05, 4.69) is 4.98 Å². The van der Waals surface area contributed by atoms with Gasteiger partial charge in [-0.25, -0.2) is 18.2 Å². The minimum Gasteiger partial charge on any atom is -0.477 e. The molecule has 3 rings (SSSR count). The zero-order valence-corrected chi connectivity index (χ0v) is 10.8. The summed E-state index contributed by atoms with van der Waals surface area (Å²) in [6.07, 6.45) is 2.07. The summed E-state index contributed by atoms with van der Waals surface area (Å²) in [4.78, 5) is 15.5. The summed E-state index contributed by atoms with van der Waals surface area (Å²) in [5.41, 5.74) is 0.772. The quantitative estimate of drug-likeness (QED) is 0.884. The predicted molar refractivity (Wildman–Crippen MR) is 68.2 cm³/mol. The van der Waals surface area contributed by atoms with Crippen LogP contribution >= 0.6 is 0 Å². The molecule has 1 saturated heterocycles. The maximum Gasteiger partial charge on any atom is 0.352 e. The summed E-state index contributed by atoms with van der Waals surface area (Å²) in [5.74, 6) is -0.574. The van der Waals surface area contributed by atoms with E-state index in [-0.39, 0.29) is 23.1 Å². The lowest BCUT2D eigenvalue weighted by atomic mass is 10.1. The Labute approximate surface area is 109 Å². The minimum absolute atomic E-state index is 0.0417. The van der Waals surface area contributed by atoms with Crippen LogP contribution in [0.3, 0.4) is 0 Å². The maximum atomic E-state index is 11.5. The van der Waals surface area contributed by atoms with Crippen LogP contribution in [0.2, 0.25) is 0 Å². The maximum absolute atomic E-state index is 11.5. The molecule has 2 aromatic rings. The zero-order chi connectivity index (χ0) is 13.6. The molecule has 1 atom stereocenters. The van der Waals surface area contributed by atoms with Crippen molar-refractivity contribution in [1.29, 1.82) is 0 Å². The fourth-order valence-corrected chi connectivity index (χ4v) is 4.27. The third-order valence-corrected chi connectivity index (χ3v) is 5.16. The molecule has 3 heterocycles. The van der Waals surface area contributed by atoms with Gasteiger partial charge < -0.3 is 5.11 Å². The summed E-state index contributed by atoms with van der Waals surface area (Å²) in [7, 11) is -3.02. The van der Waals surface area contributed by atoms with Crippen molar-refractivity contribution in [3.05, 3.63) is 35.9 Å². The Kier molecular flexibility index (Phi) is 2.60. The number of imidazole rings is 1. The lowest BCUT2D eigenvalue weighted by molar-refractivity contribution is 0.0688. The number of rotatable bonds is 2. The van der Waals surface area contributed by atoms with Gasteiger partial charge in [-0.3, -0.25) is 4.40 Å². The molecule has 0 spiro atoms. The average molecular weight is 280 g/mol. The fourth-order valence-electron chi connectivity index (χ4n) is 2.53. The smallest absolute Gasteiger partial charge is 0.352 e. The molecule has 0 bridgehead atoms. The van der Waals surface area contributed by atoms with Crippen LogP contribution in [0.25, 0.3) is 5.52 Å². The van der Waals surface area contributed by atoms with Crippen molar-refractivity contribution in [2.75, 3.05) is 11.5 Å². The van der Waals surface area contributed by atoms with E-state index < -0.39 is 15.8 Å². The molecule has 1 unspecified atom stereocenters. The van der Waals surface area contributed by atoms with Gasteiger partial charge in [0.2, 0.25) is 0 Å². The number of carboxylic acids is 1. The summed E-state index contributed by atoms with van der Waals surface area (Å²) < 4.78 is 24.6. The molecule has 7 heteroatoms. The Bertz CT molecular complexity index is 763. The van der Waals surface area contributed by atoms with Crippen molar-refractivity contribution < 1.29 is 18.3 Å². The van der Waals surface area contributed by atoms with Gasteiger partial charge in [0.05, 0.1) is 23.2 Å². The van der Waals surface area contributed by atoms with Gasteiger partial charge in [0, 0.05) is 5.92 Å². The largest absolute Gasteiger partial charge is 0.477 e. The molecular formula is C12H12N2O4S. The minimum atomic E-state index is -3.02. The Morgan fingerprint density at radius 3 is 2.84 bits per heavy atom. The first-order valence-electron chi connectivity index (χ1n) is 5.88. The molecule has 0 amide bonds. The van der Waals surface area contributed by atoms with Gasteiger partial charge in [-0.2, -0.15) is 0 Å². The average Bonchev–Trinajstić information content (AvgIpc) is 2.91. The number of carboxylic acid groups (broad SMARTS) is 1. The molecule has 1 aliphatic rings. The molecule has 1 aliphatic heterocycles. The summed E-state index contributed by atoms with van der Waals surface area (Å²) in [6.45, 7) is 0. The van der Waals surface area contributed by atoms with Crippen molar-refractivity contribution in [3.63, 3.8) is 0 Å². The van der Waals surface area contributed by atoms with Crippen LogP contribution in [0.4, 0.5) is 0 Å². The van der Waals surface area contributed by atoms with E-state index in [0.29, 0.717) is 17.8 Å². The van der Waals surface area contributed by atoms with E-state index >= 15 is 0 Å². The Morgan fingerprint density at radius 1 is 1.42 bits per heavy atom. The number of aromatic nitrogens is 2. The van der Waals surface area contributed by atoms with Gasteiger partial charge in [-0.15, -0.1) is 0 Å². The molecule has 6 nitrogen and oxygen atoms in total. The monoisotopic (exact) mass is 280 g/mol. The molecule has 0 saturated carbocycles. The van der Waals surface area contributed by atoms with Crippen molar-refractivity contribution >= 4 is 21.3 Å². The summed E-state index contributed by atoms with van der Waals surface area (Å²) in [6, 6.07) is 4.89.